The normalized spacial score (nSPS) is 14.0. The van der Waals surface area contributed by atoms with E-state index < -0.39 is 11.9 Å². The number of carbonyl (C=O) groups is 3. The maximum absolute atomic E-state index is 12.2. The van der Waals surface area contributed by atoms with Gasteiger partial charge in [0, 0.05) is 18.8 Å². The fraction of sp³-hybridized carbons (Fsp3) is 0.533. The summed E-state index contributed by atoms with van der Waals surface area (Å²) in [7, 11) is 1.29. The van der Waals surface area contributed by atoms with E-state index in [-0.39, 0.29) is 18.1 Å². The van der Waals surface area contributed by atoms with Crippen molar-refractivity contribution in [3.63, 3.8) is 0 Å². The first-order valence-corrected chi connectivity index (χ1v) is 7.29. The van der Waals surface area contributed by atoms with Crippen molar-refractivity contribution in [2.75, 3.05) is 26.7 Å². The Bertz CT molecular complexity index is 600. The van der Waals surface area contributed by atoms with Crippen LogP contribution in [0.25, 0.3) is 0 Å². The maximum atomic E-state index is 12.2. The van der Waals surface area contributed by atoms with Crippen LogP contribution in [0.2, 0.25) is 0 Å². The summed E-state index contributed by atoms with van der Waals surface area (Å²) in [4.78, 5) is 40.4. The number of rotatable bonds is 4. The van der Waals surface area contributed by atoms with E-state index >= 15 is 0 Å². The second kappa shape index (κ2) is 6.64. The van der Waals surface area contributed by atoms with Crippen LogP contribution in [0.3, 0.4) is 0 Å². The van der Waals surface area contributed by atoms with E-state index in [0.717, 1.165) is 25.9 Å². The minimum absolute atomic E-state index is 0.0378. The van der Waals surface area contributed by atoms with Gasteiger partial charge in [0.25, 0.3) is 5.91 Å². The van der Waals surface area contributed by atoms with Crippen molar-refractivity contribution in [2.24, 2.45) is 0 Å². The van der Waals surface area contributed by atoms with Gasteiger partial charge < -0.3 is 19.9 Å². The molecule has 0 bridgehead atoms. The summed E-state index contributed by atoms with van der Waals surface area (Å²) in [5.41, 5.74) is 1.74. The van der Waals surface area contributed by atoms with Crippen molar-refractivity contribution < 1.29 is 19.1 Å². The number of carbonyl (C=O) groups excluding carboxylic acids is 3. The smallest absolute Gasteiger partial charge is 0.339 e. The van der Waals surface area contributed by atoms with Crippen molar-refractivity contribution in [1.29, 1.82) is 0 Å². The van der Waals surface area contributed by atoms with Gasteiger partial charge in [0.2, 0.25) is 5.91 Å². The summed E-state index contributed by atoms with van der Waals surface area (Å²) in [6, 6.07) is 0. The lowest BCUT2D eigenvalue weighted by atomic mass is 10.1. The zero-order valence-electron chi connectivity index (χ0n) is 13.1. The third-order valence-electron chi connectivity index (χ3n) is 3.91. The molecule has 0 spiro atoms. The predicted molar refractivity (Wildman–Crippen MR) is 79.8 cm³/mol. The van der Waals surface area contributed by atoms with Crippen LogP contribution in [0.4, 0.5) is 0 Å². The second-order valence-electron chi connectivity index (χ2n) is 5.39. The topological polar surface area (TPSA) is 91.5 Å². The van der Waals surface area contributed by atoms with E-state index in [0.29, 0.717) is 16.8 Å². The summed E-state index contributed by atoms with van der Waals surface area (Å²) < 4.78 is 4.71. The molecular formula is C15H21N3O4. The third-order valence-corrected chi connectivity index (χ3v) is 3.91. The van der Waals surface area contributed by atoms with E-state index in [1.165, 1.54) is 7.11 Å². The van der Waals surface area contributed by atoms with Crippen LogP contribution < -0.4 is 5.32 Å². The van der Waals surface area contributed by atoms with Crippen molar-refractivity contribution >= 4 is 17.8 Å². The molecule has 7 nitrogen and oxygen atoms in total. The number of nitrogens with one attached hydrogen (secondary N) is 2. The molecule has 1 aromatic rings. The van der Waals surface area contributed by atoms with Crippen LogP contribution in [-0.4, -0.2) is 54.4 Å². The van der Waals surface area contributed by atoms with E-state index in [4.69, 9.17) is 4.74 Å². The molecule has 0 aliphatic carbocycles. The Labute approximate surface area is 129 Å². The lowest BCUT2D eigenvalue weighted by Gasteiger charge is -2.15. The van der Waals surface area contributed by atoms with Crippen LogP contribution in [0.15, 0.2) is 0 Å². The van der Waals surface area contributed by atoms with Gasteiger partial charge in [-0.25, -0.2) is 4.79 Å². The molecule has 120 valence electrons. The van der Waals surface area contributed by atoms with Crippen LogP contribution in [0.5, 0.6) is 0 Å². The summed E-state index contributed by atoms with van der Waals surface area (Å²) in [6.45, 7) is 4.84. The van der Waals surface area contributed by atoms with Gasteiger partial charge in [-0.05, 0) is 32.3 Å². The van der Waals surface area contributed by atoms with Crippen molar-refractivity contribution in [1.82, 2.24) is 15.2 Å². The first kappa shape index (κ1) is 16.1. The molecule has 1 aromatic heterocycles. The van der Waals surface area contributed by atoms with Crippen molar-refractivity contribution in [3.8, 4) is 0 Å². The van der Waals surface area contributed by atoms with E-state index in [1.807, 2.05) is 0 Å². The Kier molecular flexibility index (Phi) is 4.85. The fourth-order valence-corrected chi connectivity index (χ4v) is 2.71. The molecule has 2 heterocycles. The maximum Gasteiger partial charge on any atom is 0.339 e. The third kappa shape index (κ3) is 3.13. The van der Waals surface area contributed by atoms with Crippen LogP contribution >= 0.6 is 0 Å². The average molecular weight is 307 g/mol. The molecule has 2 rings (SSSR count). The number of methoxy groups -OCH3 is 1. The molecule has 0 unspecified atom stereocenters. The average Bonchev–Trinajstić information content (AvgIpc) is 3.12. The molecule has 0 atom stereocenters. The second-order valence-corrected chi connectivity index (χ2v) is 5.39. The first-order chi connectivity index (χ1) is 10.5. The zero-order chi connectivity index (χ0) is 16.3. The minimum Gasteiger partial charge on any atom is -0.465 e. The zero-order valence-corrected chi connectivity index (χ0v) is 13.1. The summed E-state index contributed by atoms with van der Waals surface area (Å²) >= 11 is 0. The molecule has 0 saturated carbocycles. The van der Waals surface area contributed by atoms with E-state index in [1.54, 1.807) is 18.7 Å². The Morgan fingerprint density at radius 3 is 2.45 bits per heavy atom. The highest BCUT2D eigenvalue weighted by atomic mass is 16.5. The lowest BCUT2D eigenvalue weighted by Crippen LogP contribution is -2.38. The van der Waals surface area contributed by atoms with Gasteiger partial charge in [0.1, 0.15) is 5.69 Å². The molecule has 7 heteroatoms. The fourth-order valence-electron chi connectivity index (χ4n) is 2.71. The predicted octanol–water partition coefficient (Wildman–Crippen LogP) is 0.770. The highest BCUT2D eigenvalue weighted by molar-refractivity contribution is 6.01. The molecule has 0 radical (unpaired) electrons. The van der Waals surface area contributed by atoms with Gasteiger partial charge in [-0.1, -0.05) is 0 Å². The number of hydrogen-bond acceptors (Lipinski definition) is 4. The van der Waals surface area contributed by atoms with E-state index in [9.17, 15) is 14.4 Å². The lowest BCUT2D eigenvalue weighted by molar-refractivity contribution is -0.129. The molecule has 0 aromatic carbocycles. The van der Waals surface area contributed by atoms with Gasteiger partial charge >= 0.3 is 5.97 Å². The molecule has 22 heavy (non-hydrogen) atoms. The van der Waals surface area contributed by atoms with Gasteiger partial charge in [-0.3, -0.25) is 9.59 Å². The number of hydrogen-bond donors (Lipinski definition) is 2. The Hall–Kier alpha value is -2.31. The minimum atomic E-state index is -0.488. The highest BCUT2D eigenvalue weighted by Gasteiger charge is 2.23. The van der Waals surface area contributed by atoms with Crippen LogP contribution in [0.1, 0.15) is 44.9 Å². The number of aryl methyl sites for hydroxylation is 1. The number of likely N-dealkylation sites (tertiary alicyclic amines) is 1. The Morgan fingerprint density at radius 1 is 1.23 bits per heavy atom. The number of ether oxygens (including phenoxy) is 1. The van der Waals surface area contributed by atoms with Crippen LogP contribution in [0, 0.1) is 13.8 Å². The largest absolute Gasteiger partial charge is 0.465 e. The Morgan fingerprint density at radius 2 is 1.86 bits per heavy atom. The number of amides is 2. The summed E-state index contributed by atoms with van der Waals surface area (Å²) in [6.07, 6.45) is 2.02. The van der Waals surface area contributed by atoms with Gasteiger partial charge in [0.15, 0.2) is 0 Å². The Balaban J connectivity index is 2.03. The van der Waals surface area contributed by atoms with E-state index in [2.05, 4.69) is 10.3 Å². The SMILES string of the molecule is COC(=O)c1c(C)[nH]c(C(=O)NCC(=O)N2CCCC2)c1C. The van der Waals surface area contributed by atoms with Crippen LogP contribution in [-0.2, 0) is 9.53 Å². The first-order valence-electron chi connectivity index (χ1n) is 7.29. The number of esters is 1. The van der Waals surface area contributed by atoms with Gasteiger partial charge in [-0.15, -0.1) is 0 Å². The van der Waals surface area contributed by atoms with Crippen molar-refractivity contribution in [2.45, 2.75) is 26.7 Å². The number of aromatic amines is 1. The standard InChI is InChI=1S/C15H21N3O4/c1-9-12(15(21)22-3)10(2)17-13(9)14(20)16-8-11(19)18-6-4-5-7-18/h17H,4-8H2,1-3H3,(H,16,20). The molecule has 1 aliphatic rings. The number of nitrogens with zero attached hydrogens (tertiary/aromatic N) is 1. The quantitative estimate of drug-likeness (QED) is 0.804. The highest BCUT2D eigenvalue weighted by Crippen LogP contribution is 2.18. The molecular weight excluding hydrogens is 286 g/mol. The number of H-pyrrole nitrogens is 1. The number of aromatic nitrogens is 1. The summed E-state index contributed by atoms with van der Waals surface area (Å²) in [5, 5.41) is 2.60. The monoisotopic (exact) mass is 307 g/mol. The molecule has 1 saturated heterocycles. The summed E-state index contributed by atoms with van der Waals surface area (Å²) in [5.74, 6) is -0.971. The van der Waals surface area contributed by atoms with Gasteiger partial charge in [0.05, 0.1) is 19.2 Å². The molecule has 1 aliphatic heterocycles. The van der Waals surface area contributed by atoms with Crippen molar-refractivity contribution in [3.05, 3.63) is 22.5 Å². The molecule has 2 N–H and O–H groups in total. The van der Waals surface area contributed by atoms with Gasteiger partial charge in [-0.2, -0.15) is 0 Å². The molecule has 2 amide bonds. The molecule has 1 fully saturated rings.